The highest BCUT2D eigenvalue weighted by Crippen LogP contribution is 2.20. The molecule has 0 aromatic heterocycles. The summed E-state index contributed by atoms with van der Waals surface area (Å²) < 4.78 is 4.71. The molecule has 6 heteroatoms. The predicted molar refractivity (Wildman–Crippen MR) is 107 cm³/mol. The maximum absolute atomic E-state index is 12.5. The summed E-state index contributed by atoms with van der Waals surface area (Å²) in [7, 11) is 1.34. The topological polar surface area (TPSA) is 61.9 Å². The van der Waals surface area contributed by atoms with E-state index in [4.69, 9.17) is 4.74 Å². The number of rotatable bonds is 3. The van der Waals surface area contributed by atoms with Gasteiger partial charge in [0, 0.05) is 37.6 Å². The number of carbonyl (C=O) groups excluding carboxylic acids is 2. The van der Waals surface area contributed by atoms with Crippen molar-refractivity contribution in [3.63, 3.8) is 0 Å². The van der Waals surface area contributed by atoms with Crippen LogP contribution in [-0.4, -0.2) is 50.2 Å². The fraction of sp³-hybridized carbons (Fsp3) is 0.333. The van der Waals surface area contributed by atoms with Crippen molar-refractivity contribution in [1.82, 2.24) is 4.90 Å². The number of hydrogen-bond acceptors (Lipinski definition) is 4. The Labute approximate surface area is 159 Å². The maximum Gasteiger partial charge on any atom is 0.337 e. The molecule has 1 saturated heterocycles. The molecule has 142 valence electrons. The summed E-state index contributed by atoms with van der Waals surface area (Å²) in [5.41, 5.74) is 4.75. The molecule has 3 rings (SSSR count). The number of anilines is 2. The van der Waals surface area contributed by atoms with Crippen LogP contribution in [0.4, 0.5) is 16.2 Å². The highest BCUT2D eigenvalue weighted by molar-refractivity contribution is 5.94. The normalized spacial score (nSPS) is 14.0. The van der Waals surface area contributed by atoms with E-state index in [0.29, 0.717) is 24.3 Å². The SMILES string of the molecule is COC(=O)c1cccc(NC(=O)N2CCN(c3ccc(C)c(C)c3)CC2)c1. The van der Waals surface area contributed by atoms with Crippen LogP contribution in [-0.2, 0) is 4.74 Å². The first-order valence-electron chi connectivity index (χ1n) is 9.04. The molecule has 2 aromatic carbocycles. The van der Waals surface area contributed by atoms with Crippen LogP contribution in [0.15, 0.2) is 42.5 Å². The highest BCUT2D eigenvalue weighted by atomic mass is 16.5. The number of ether oxygens (including phenoxy) is 1. The monoisotopic (exact) mass is 367 g/mol. The van der Waals surface area contributed by atoms with Crippen molar-refractivity contribution >= 4 is 23.4 Å². The molecule has 0 aliphatic carbocycles. The summed E-state index contributed by atoms with van der Waals surface area (Å²) in [5, 5.41) is 2.86. The summed E-state index contributed by atoms with van der Waals surface area (Å²) in [6, 6.07) is 13.1. The molecule has 0 unspecified atom stereocenters. The molecule has 0 bridgehead atoms. The zero-order chi connectivity index (χ0) is 19.4. The standard InChI is InChI=1S/C21H25N3O3/c1-15-7-8-19(13-16(15)2)23-9-11-24(12-10-23)21(26)22-18-6-4-5-17(14-18)20(25)27-3/h4-8,13-14H,9-12H2,1-3H3,(H,22,26). The Hall–Kier alpha value is -3.02. The third kappa shape index (κ3) is 4.39. The van der Waals surface area contributed by atoms with Gasteiger partial charge in [-0.05, 0) is 55.3 Å². The van der Waals surface area contributed by atoms with Gasteiger partial charge in [0.1, 0.15) is 0 Å². The number of methoxy groups -OCH3 is 1. The molecule has 0 radical (unpaired) electrons. The highest BCUT2D eigenvalue weighted by Gasteiger charge is 2.21. The lowest BCUT2D eigenvalue weighted by Crippen LogP contribution is -2.50. The third-order valence-electron chi connectivity index (χ3n) is 4.96. The zero-order valence-corrected chi connectivity index (χ0v) is 16.0. The molecule has 0 atom stereocenters. The van der Waals surface area contributed by atoms with Crippen molar-refractivity contribution in [2.24, 2.45) is 0 Å². The van der Waals surface area contributed by atoms with Gasteiger partial charge in [0.25, 0.3) is 0 Å². The van der Waals surface area contributed by atoms with E-state index in [1.54, 1.807) is 29.2 Å². The fourth-order valence-corrected chi connectivity index (χ4v) is 3.13. The van der Waals surface area contributed by atoms with Gasteiger partial charge < -0.3 is 19.9 Å². The van der Waals surface area contributed by atoms with Crippen molar-refractivity contribution in [2.75, 3.05) is 43.5 Å². The predicted octanol–water partition coefficient (Wildman–Crippen LogP) is 3.44. The van der Waals surface area contributed by atoms with Gasteiger partial charge in [0.2, 0.25) is 0 Å². The van der Waals surface area contributed by atoms with E-state index in [1.165, 1.54) is 23.9 Å². The molecule has 0 spiro atoms. The first-order chi connectivity index (χ1) is 13.0. The number of carbonyl (C=O) groups is 2. The van der Waals surface area contributed by atoms with Gasteiger partial charge in [-0.2, -0.15) is 0 Å². The van der Waals surface area contributed by atoms with Gasteiger partial charge in [-0.1, -0.05) is 12.1 Å². The second-order valence-electron chi connectivity index (χ2n) is 6.75. The van der Waals surface area contributed by atoms with E-state index >= 15 is 0 Å². The maximum atomic E-state index is 12.5. The van der Waals surface area contributed by atoms with Crippen LogP contribution in [0.3, 0.4) is 0 Å². The Morgan fingerprint density at radius 1 is 0.963 bits per heavy atom. The van der Waals surface area contributed by atoms with Crippen LogP contribution in [0, 0.1) is 13.8 Å². The van der Waals surface area contributed by atoms with Crippen LogP contribution < -0.4 is 10.2 Å². The van der Waals surface area contributed by atoms with Crippen molar-refractivity contribution in [2.45, 2.75) is 13.8 Å². The van der Waals surface area contributed by atoms with E-state index in [-0.39, 0.29) is 6.03 Å². The van der Waals surface area contributed by atoms with E-state index < -0.39 is 5.97 Å². The van der Waals surface area contributed by atoms with E-state index in [1.807, 2.05) is 0 Å². The third-order valence-corrected chi connectivity index (χ3v) is 4.96. The van der Waals surface area contributed by atoms with Gasteiger partial charge in [-0.25, -0.2) is 9.59 Å². The lowest BCUT2D eigenvalue weighted by molar-refractivity contribution is 0.0600. The molecule has 2 aromatic rings. The number of hydrogen-bond donors (Lipinski definition) is 1. The molecule has 27 heavy (non-hydrogen) atoms. The van der Waals surface area contributed by atoms with Crippen LogP contribution in [0.2, 0.25) is 0 Å². The minimum Gasteiger partial charge on any atom is -0.465 e. The number of aryl methyl sites for hydroxylation is 2. The van der Waals surface area contributed by atoms with Gasteiger partial charge in [-0.3, -0.25) is 0 Å². The molecule has 1 heterocycles. The molecule has 1 N–H and O–H groups in total. The summed E-state index contributed by atoms with van der Waals surface area (Å²) >= 11 is 0. The van der Waals surface area contributed by atoms with Gasteiger partial charge in [0.05, 0.1) is 12.7 Å². The molecule has 1 aliphatic heterocycles. The van der Waals surface area contributed by atoms with Crippen molar-refractivity contribution < 1.29 is 14.3 Å². The number of nitrogens with one attached hydrogen (secondary N) is 1. The van der Waals surface area contributed by atoms with Crippen LogP contribution in [0.5, 0.6) is 0 Å². The van der Waals surface area contributed by atoms with E-state index in [0.717, 1.165) is 13.1 Å². The lowest BCUT2D eigenvalue weighted by Gasteiger charge is -2.36. The largest absolute Gasteiger partial charge is 0.465 e. The van der Waals surface area contributed by atoms with Crippen LogP contribution in [0.25, 0.3) is 0 Å². The smallest absolute Gasteiger partial charge is 0.337 e. The number of esters is 1. The number of nitrogens with zero attached hydrogens (tertiary/aromatic N) is 2. The fourth-order valence-electron chi connectivity index (χ4n) is 3.13. The second kappa shape index (κ2) is 8.12. The van der Waals surface area contributed by atoms with Crippen LogP contribution >= 0.6 is 0 Å². The molecule has 1 fully saturated rings. The second-order valence-corrected chi connectivity index (χ2v) is 6.75. The molecule has 0 saturated carbocycles. The minimum absolute atomic E-state index is 0.156. The van der Waals surface area contributed by atoms with Crippen molar-refractivity contribution in [3.05, 3.63) is 59.2 Å². The van der Waals surface area contributed by atoms with E-state index in [9.17, 15) is 9.59 Å². The van der Waals surface area contributed by atoms with Crippen molar-refractivity contribution in [1.29, 1.82) is 0 Å². The Balaban J connectivity index is 1.58. The zero-order valence-electron chi connectivity index (χ0n) is 16.0. The average molecular weight is 367 g/mol. The summed E-state index contributed by atoms with van der Waals surface area (Å²) in [6.45, 7) is 7.10. The number of urea groups is 1. The number of piperazine rings is 1. The lowest BCUT2D eigenvalue weighted by atomic mass is 10.1. The van der Waals surface area contributed by atoms with Gasteiger partial charge >= 0.3 is 12.0 Å². The molecular weight excluding hydrogens is 342 g/mol. The number of amides is 2. The van der Waals surface area contributed by atoms with Gasteiger partial charge in [-0.15, -0.1) is 0 Å². The average Bonchev–Trinajstić information content (AvgIpc) is 2.69. The Kier molecular flexibility index (Phi) is 5.64. The Morgan fingerprint density at radius 2 is 1.70 bits per heavy atom. The first kappa shape index (κ1) is 18.8. The summed E-state index contributed by atoms with van der Waals surface area (Å²) in [6.07, 6.45) is 0. The summed E-state index contributed by atoms with van der Waals surface area (Å²) in [5.74, 6) is -0.423. The quantitative estimate of drug-likeness (QED) is 0.844. The number of benzene rings is 2. The summed E-state index contributed by atoms with van der Waals surface area (Å²) in [4.78, 5) is 28.3. The molecular formula is C21H25N3O3. The van der Waals surface area contributed by atoms with Gasteiger partial charge in [0.15, 0.2) is 0 Å². The first-order valence-corrected chi connectivity index (χ1v) is 9.04. The molecule has 1 aliphatic rings. The van der Waals surface area contributed by atoms with Crippen molar-refractivity contribution in [3.8, 4) is 0 Å². The molecule has 2 amide bonds. The van der Waals surface area contributed by atoms with Crippen LogP contribution in [0.1, 0.15) is 21.5 Å². The Bertz CT molecular complexity index is 842. The molecule has 6 nitrogen and oxygen atoms in total. The minimum atomic E-state index is -0.423. The van der Waals surface area contributed by atoms with E-state index in [2.05, 4.69) is 42.3 Å². The Morgan fingerprint density at radius 3 is 2.37 bits per heavy atom.